The van der Waals surface area contributed by atoms with E-state index in [0.717, 1.165) is 25.7 Å². The van der Waals surface area contributed by atoms with Crippen LogP contribution < -0.4 is 5.48 Å². The summed E-state index contributed by atoms with van der Waals surface area (Å²) < 4.78 is 0. The molecular formula is C20H37NO3. The number of unbranched alkanes of at least 4 members (excludes halogenated alkanes) is 12. The zero-order valence-corrected chi connectivity index (χ0v) is 15.6. The van der Waals surface area contributed by atoms with Gasteiger partial charge in [0.15, 0.2) is 6.79 Å². The third-order valence-electron chi connectivity index (χ3n) is 3.99. The molecule has 0 bridgehead atoms. The molecule has 0 unspecified atom stereocenters. The Morgan fingerprint density at radius 3 is 1.88 bits per heavy atom. The quantitative estimate of drug-likeness (QED) is 0.183. The molecule has 0 aromatic rings. The first-order valence-corrected chi connectivity index (χ1v) is 9.78. The molecule has 4 heteroatoms. The maximum absolute atomic E-state index is 11.2. The first-order chi connectivity index (χ1) is 11.8. The summed E-state index contributed by atoms with van der Waals surface area (Å²) in [5.41, 5.74) is 2.16. The number of hydrogen-bond acceptors (Lipinski definition) is 3. The number of hydroxylamine groups is 1. The second kappa shape index (κ2) is 20.0. The Morgan fingerprint density at radius 2 is 1.33 bits per heavy atom. The normalized spacial score (nSPS) is 10.2. The van der Waals surface area contributed by atoms with Crippen molar-refractivity contribution >= 4 is 5.91 Å². The molecule has 0 aliphatic carbocycles. The van der Waals surface area contributed by atoms with E-state index in [9.17, 15) is 4.79 Å². The van der Waals surface area contributed by atoms with E-state index < -0.39 is 6.79 Å². The van der Waals surface area contributed by atoms with Gasteiger partial charge < -0.3 is 5.11 Å². The lowest BCUT2D eigenvalue weighted by Gasteiger charge is -2.01. The van der Waals surface area contributed by atoms with Crippen molar-refractivity contribution < 1.29 is 14.7 Å². The van der Waals surface area contributed by atoms with Crippen LogP contribution in [0.1, 0.15) is 103 Å². The van der Waals surface area contributed by atoms with Crippen molar-refractivity contribution in [3.05, 3.63) is 0 Å². The van der Waals surface area contributed by atoms with Gasteiger partial charge >= 0.3 is 0 Å². The van der Waals surface area contributed by atoms with Crippen molar-refractivity contribution in [1.82, 2.24) is 5.48 Å². The van der Waals surface area contributed by atoms with Gasteiger partial charge in [0.2, 0.25) is 5.91 Å². The highest BCUT2D eigenvalue weighted by molar-refractivity contribution is 5.74. The number of rotatable bonds is 16. The Labute approximate surface area is 148 Å². The number of nitrogens with one attached hydrogen (secondary N) is 1. The lowest BCUT2D eigenvalue weighted by atomic mass is 10.1. The van der Waals surface area contributed by atoms with Crippen molar-refractivity contribution in [3.63, 3.8) is 0 Å². The van der Waals surface area contributed by atoms with Gasteiger partial charge in [-0.25, -0.2) is 10.3 Å². The number of carbonyl (C=O) groups excluding carboxylic acids is 1. The Bertz CT molecular complexity index is 334. The Morgan fingerprint density at radius 1 is 0.833 bits per heavy atom. The smallest absolute Gasteiger partial charge is 0.243 e. The molecule has 0 aromatic carbocycles. The van der Waals surface area contributed by atoms with Gasteiger partial charge in [-0.05, 0) is 19.3 Å². The molecular weight excluding hydrogens is 302 g/mol. The average molecular weight is 340 g/mol. The molecule has 0 rings (SSSR count). The molecule has 140 valence electrons. The first-order valence-electron chi connectivity index (χ1n) is 9.78. The number of carbonyl (C=O) groups is 1. The molecule has 0 saturated carbocycles. The van der Waals surface area contributed by atoms with Crippen LogP contribution in [-0.2, 0) is 9.63 Å². The molecule has 0 aromatic heterocycles. The van der Waals surface area contributed by atoms with Crippen LogP contribution in [0.4, 0.5) is 0 Å². The number of amides is 1. The minimum atomic E-state index is -0.490. The van der Waals surface area contributed by atoms with Crippen LogP contribution >= 0.6 is 0 Å². The fraction of sp³-hybridized carbons (Fsp3) is 0.850. The summed E-state index contributed by atoms with van der Waals surface area (Å²) >= 11 is 0. The lowest BCUT2D eigenvalue weighted by molar-refractivity contribution is -0.141. The summed E-state index contributed by atoms with van der Waals surface area (Å²) in [7, 11) is 0. The maximum Gasteiger partial charge on any atom is 0.243 e. The predicted octanol–water partition coefficient (Wildman–Crippen LogP) is 4.86. The standard InChI is InChI=1S/C20H37NO3/c1-2-3-4-5-6-7-8-9-10-11-12-13-14-15-16-17-18-20(23)21-24-19-22/h22H,2-12,15-19H2,1H3,(H,21,23). The molecule has 0 atom stereocenters. The number of aliphatic hydroxyl groups is 1. The molecule has 0 radical (unpaired) electrons. The topological polar surface area (TPSA) is 58.6 Å². The van der Waals surface area contributed by atoms with Crippen LogP contribution in [0.3, 0.4) is 0 Å². The van der Waals surface area contributed by atoms with E-state index in [1.54, 1.807) is 0 Å². The second-order valence-electron chi connectivity index (χ2n) is 6.29. The molecule has 0 fully saturated rings. The van der Waals surface area contributed by atoms with E-state index >= 15 is 0 Å². The van der Waals surface area contributed by atoms with E-state index in [-0.39, 0.29) is 5.91 Å². The maximum atomic E-state index is 11.2. The highest BCUT2D eigenvalue weighted by Gasteiger charge is 1.99. The molecule has 0 aliphatic heterocycles. The van der Waals surface area contributed by atoms with Crippen molar-refractivity contribution in [2.24, 2.45) is 0 Å². The minimum absolute atomic E-state index is 0.192. The van der Waals surface area contributed by atoms with Crippen LogP contribution in [0, 0.1) is 11.8 Å². The van der Waals surface area contributed by atoms with Gasteiger partial charge in [-0.15, -0.1) is 11.8 Å². The molecule has 1 amide bonds. The summed E-state index contributed by atoms with van der Waals surface area (Å²) in [6, 6.07) is 0. The van der Waals surface area contributed by atoms with Gasteiger partial charge in [-0.3, -0.25) is 4.79 Å². The Kier molecular flexibility index (Phi) is 19.1. The fourth-order valence-corrected chi connectivity index (χ4v) is 2.54. The molecule has 4 nitrogen and oxygen atoms in total. The molecule has 24 heavy (non-hydrogen) atoms. The van der Waals surface area contributed by atoms with Crippen molar-refractivity contribution in [1.29, 1.82) is 0 Å². The zero-order chi connectivity index (χ0) is 17.7. The van der Waals surface area contributed by atoms with Gasteiger partial charge in [0.25, 0.3) is 0 Å². The summed E-state index contributed by atoms with van der Waals surface area (Å²) in [6.07, 6.45) is 17.6. The summed E-state index contributed by atoms with van der Waals surface area (Å²) in [5.74, 6) is 6.21. The second-order valence-corrected chi connectivity index (χ2v) is 6.29. The van der Waals surface area contributed by atoms with Crippen LogP contribution in [0.2, 0.25) is 0 Å². The Hall–Kier alpha value is -1.05. The Balaban J connectivity index is 3.19. The van der Waals surface area contributed by atoms with Gasteiger partial charge in [0, 0.05) is 19.3 Å². The summed E-state index contributed by atoms with van der Waals surface area (Å²) in [4.78, 5) is 15.6. The van der Waals surface area contributed by atoms with Gasteiger partial charge in [0.1, 0.15) is 0 Å². The highest BCUT2D eigenvalue weighted by atomic mass is 16.7. The third kappa shape index (κ3) is 19.0. The monoisotopic (exact) mass is 339 g/mol. The molecule has 0 heterocycles. The van der Waals surface area contributed by atoms with Crippen LogP contribution in [-0.4, -0.2) is 17.8 Å². The SMILES string of the molecule is CCCCCCCCCCCCC#CCCCCC(=O)NOCO. The molecule has 2 N–H and O–H groups in total. The summed E-state index contributed by atoms with van der Waals surface area (Å²) in [5, 5.41) is 8.37. The number of hydrogen-bond donors (Lipinski definition) is 2. The van der Waals surface area contributed by atoms with E-state index in [0.29, 0.717) is 6.42 Å². The van der Waals surface area contributed by atoms with Gasteiger partial charge in [0.05, 0.1) is 0 Å². The highest BCUT2D eigenvalue weighted by Crippen LogP contribution is 2.11. The third-order valence-corrected chi connectivity index (χ3v) is 3.99. The van der Waals surface area contributed by atoms with Gasteiger partial charge in [-0.1, -0.05) is 64.7 Å². The minimum Gasteiger partial charge on any atom is -0.368 e. The zero-order valence-electron chi connectivity index (χ0n) is 15.6. The van der Waals surface area contributed by atoms with Crippen LogP contribution in [0.25, 0.3) is 0 Å². The van der Waals surface area contributed by atoms with E-state index in [4.69, 9.17) is 5.11 Å². The molecule has 0 aliphatic rings. The molecule has 0 spiro atoms. The first kappa shape index (κ1) is 22.9. The largest absolute Gasteiger partial charge is 0.368 e. The van der Waals surface area contributed by atoms with Crippen molar-refractivity contribution in [2.45, 2.75) is 103 Å². The number of aliphatic hydroxyl groups excluding tert-OH is 1. The van der Waals surface area contributed by atoms with Crippen molar-refractivity contribution in [2.75, 3.05) is 6.79 Å². The van der Waals surface area contributed by atoms with E-state index in [2.05, 4.69) is 29.1 Å². The van der Waals surface area contributed by atoms with E-state index in [1.165, 1.54) is 64.2 Å². The average Bonchev–Trinajstić information content (AvgIpc) is 2.59. The summed E-state index contributed by atoms with van der Waals surface area (Å²) in [6.45, 7) is 1.77. The van der Waals surface area contributed by atoms with Crippen LogP contribution in [0.5, 0.6) is 0 Å². The van der Waals surface area contributed by atoms with Crippen molar-refractivity contribution in [3.8, 4) is 11.8 Å². The van der Waals surface area contributed by atoms with E-state index in [1.807, 2.05) is 0 Å². The van der Waals surface area contributed by atoms with Crippen LogP contribution in [0.15, 0.2) is 0 Å². The molecule has 0 saturated heterocycles. The van der Waals surface area contributed by atoms with Gasteiger partial charge in [-0.2, -0.15) is 0 Å². The fourth-order valence-electron chi connectivity index (χ4n) is 2.54. The lowest BCUT2D eigenvalue weighted by Crippen LogP contribution is -2.23. The predicted molar refractivity (Wildman–Crippen MR) is 99.0 cm³/mol.